The molecular weight excluding hydrogens is 304 g/mol. The molecule has 136 valence electrons. The summed E-state index contributed by atoms with van der Waals surface area (Å²) < 4.78 is 0. The van der Waals surface area contributed by atoms with E-state index in [1.807, 2.05) is 6.08 Å². The van der Waals surface area contributed by atoms with E-state index in [4.69, 9.17) is 0 Å². The van der Waals surface area contributed by atoms with Crippen LogP contribution in [-0.2, 0) is 4.79 Å². The van der Waals surface area contributed by atoms with Gasteiger partial charge in [0.1, 0.15) is 0 Å². The van der Waals surface area contributed by atoms with Crippen molar-refractivity contribution in [2.45, 2.75) is 78.6 Å². The third kappa shape index (κ3) is 1.79. The standard InChI is InChI=1S/C24H34O/c1-15-13-17-14-18(25)6-11-23(17,4)19-8-12-24-16(2)5-9-22(24,3)10-7-20(24)21(15)19/h14-15,19-21H,2,5-13H2,1,3-4H3/t15?,19?,20?,21?,22-,23?,24+/m1/s1. The molecule has 0 aromatic rings. The van der Waals surface area contributed by atoms with Crippen LogP contribution >= 0.6 is 0 Å². The van der Waals surface area contributed by atoms with Crippen LogP contribution in [0, 0.1) is 39.9 Å². The van der Waals surface area contributed by atoms with Gasteiger partial charge in [0.25, 0.3) is 0 Å². The first-order valence-corrected chi connectivity index (χ1v) is 10.7. The van der Waals surface area contributed by atoms with Crippen molar-refractivity contribution in [1.82, 2.24) is 0 Å². The van der Waals surface area contributed by atoms with Gasteiger partial charge < -0.3 is 0 Å². The van der Waals surface area contributed by atoms with Gasteiger partial charge in [-0.15, -0.1) is 0 Å². The minimum Gasteiger partial charge on any atom is -0.295 e. The van der Waals surface area contributed by atoms with E-state index >= 15 is 0 Å². The second kappa shape index (κ2) is 4.90. The molecule has 4 saturated carbocycles. The number of carbonyl (C=O) groups excluding carboxylic acids is 1. The summed E-state index contributed by atoms with van der Waals surface area (Å²) in [5, 5.41) is 0. The van der Waals surface area contributed by atoms with E-state index in [0.29, 0.717) is 22.0 Å². The quantitative estimate of drug-likeness (QED) is 0.488. The summed E-state index contributed by atoms with van der Waals surface area (Å²) in [6, 6.07) is 0. The lowest BCUT2D eigenvalue weighted by atomic mass is 9.43. The Labute approximate surface area is 153 Å². The number of hydrogen-bond acceptors (Lipinski definition) is 1. The van der Waals surface area contributed by atoms with Crippen molar-refractivity contribution < 1.29 is 4.79 Å². The van der Waals surface area contributed by atoms with E-state index in [1.165, 1.54) is 50.5 Å². The molecule has 1 spiro atoms. The zero-order valence-electron chi connectivity index (χ0n) is 16.4. The molecule has 0 heterocycles. The maximum atomic E-state index is 12.1. The van der Waals surface area contributed by atoms with Crippen LogP contribution in [0.25, 0.3) is 0 Å². The Hall–Kier alpha value is -0.850. The van der Waals surface area contributed by atoms with E-state index in [2.05, 4.69) is 27.4 Å². The Morgan fingerprint density at radius 2 is 1.80 bits per heavy atom. The zero-order valence-corrected chi connectivity index (χ0v) is 16.4. The summed E-state index contributed by atoms with van der Waals surface area (Å²) >= 11 is 0. The molecule has 5 rings (SSSR count). The average molecular weight is 339 g/mol. The lowest BCUT2D eigenvalue weighted by Gasteiger charge is -2.61. The molecule has 1 nitrogen and oxygen atoms in total. The predicted octanol–water partition coefficient (Wildman–Crippen LogP) is 6.10. The van der Waals surface area contributed by atoms with Crippen LogP contribution in [-0.4, -0.2) is 5.78 Å². The highest BCUT2D eigenvalue weighted by atomic mass is 16.1. The first-order chi connectivity index (χ1) is 11.8. The summed E-state index contributed by atoms with van der Waals surface area (Å²) in [7, 11) is 0. The minimum atomic E-state index is 0.297. The molecule has 0 N–H and O–H groups in total. The molecule has 5 unspecified atom stereocenters. The summed E-state index contributed by atoms with van der Waals surface area (Å²) in [5.74, 6) is 3.61. The van der Waals surface area contributed by atoms with E-state index < -0.39 is 0 Å². The van der Waals surface area contributed by atoms with Crippen LogP contribution in [0.3, 0.4) is 0 Å². The molecule has 0 aromatic heterocycles. The number of carbonyl (C=O) groups is 1. The molecule has 5 aliphatic rings. The second-order valence-electron chi connectivity index (χ2n) is 10.7. The van der Waals surface area contributed by atoms with Gasteiger partial charge in [-0.1, -0.05) is 38.5 Å². The molecular formula is C24H34O. The Morgan fingerprint density at radius 3 is 2.60 bits per heavy atom. The maximum Gasteiger partial charge on any atom is 0.155 e. The topological polar surface area (TPSA) is 17.1 Å². The molecule has 0 radical (unpaired) electrons. The van der Waals surface area contributed by atoms with E-state index in [0.717, 1.165) is 36.5 Å². The van der Waals surface area contributed by atoms with Gasteiger partial charge in [-0.3, -0.25) is 4.79 Å². The molecule has 25 heavy (non-hydrogen) atoms. The third-order valence-corrected chi connectivity index (χ3v) is 10.1. The Balaban J connectivity index is 1.59. The van der Waals surface area contributed by atoms with Gasteiger partial charge in [-0.05, 0) is 97.4 Å². The predicted molar refractivity (Wildman–Crippen MR) is 102 cm³/mol. The molecule has 7 atom stereocenters. The Kier molecular flexibility index (Phi) is 3.20. The SMILES string of the molecule is C=C1CC[C@]2(C)CCC3C4C(C)CC5=CC(=O)CCC5(C)C4CC[C@]132. The molecule has 5 aliphatic carbocycles. The highest BCUT2D eigenvalue weighted by Gasteiger charge is 2.68. The molecule has 0 aromatic carbocycles. The highest BCUT2D eigenvalue weighted by molar-refractivity contribution is 5.91. The summed E-state index contributed by atoms with van der Waals surface area (Å²) in [5.41, 5.74) is 4.38. The number of ketones is 1. The van der Waals surface area contributed by atoms with Crippen molar-refractivity contribution in [3.05, 3.63) is 23.8 Å². The van der Waals surface area contributed by atoms with Gasteiger partial charge in [0.2, 0.25) is 0 Å². The minimum absolute atomic E-state index is 0.297. The number of allylic oxidation sites excluding steroid dienone is 2. The van der Waals surface area contributed by atoms with Crippen molar-refractivity contribution in [2.24, 2.45) is 39.9 Å². The summed E-state index contributed by atoms with van der Waals surface area (Å²) in [6.07, 6.45) is 13.3. The summed E-state index contributed by atoms with van der Waals surface area (Å²) in [6.45, 7) is 12.2. The summed E-state index contributed by atoms with van der Waals surface area (Å²) in [4.78, 5) is 12.1. The van der Waals surface area contributed by atoms with E-state index in [-0.39, 0.29) is 0 Å². The monoisotopic (exact) mass is 338 g/mol. The maximum absolute atomic E-state index is 12.1. The first-order valence-electron chi connectivity index (χ1n) is 10.7. The molecule has 4 fully saturated rings. The average Bonchev–Trinajstić information content (AvgIpc) is 3.01. The number of fused-ring (bicyclic) bond motifs is 4. The van der Waals surface area contributed by atoms with Crippen LogP contribution in [0.1, 0.15) is 78.6 Å². The van der Waals surface area contributed by atoms with E-state index in [1.54, 1.807) is 5.57 Å². The largest absolute Gasteiger partial charge is 0.295 e. The van der Waals surface area contributed by atoms with Crippen LogP contribution in [0.5, 0.6) is 0 Å². The molecule has 0 saturated heterocycles. The second-order valence-corrected chi connectivity index (χ2v) is 10.7. The first kappa shape index (κ1) is 16.3. The van der Waals surface area contributed by atoms with Gasteiger partial charge in [-0.2, -0.15) is 0 Å². The van der Waals surface area contributed by atoms with Crippen molar-refractivity contribution >= 4 is 5.78 Å². The van der Waals surface area contributed by atoms with Gasteiger partial charge in [0.05, 0.1) is 0 Å². The normalized spacial score (nSPS) is 54.4. The molecule has 0 amide bonds. The molecule has 0 aliphatic heterocycles. The van der Waals surface area contributed by atoms with Crippen molar-refractivity contribution in [3.63, 3.8) is 0 Å². The van der Waals surface area contributed by atoms with Crippen molar-refractivity contribution in [1.29, 1.82) is 0 Å². The fourth-order valence-electron chi connectivity index (χ4n) is 8.83. The van der Waals surface area contributed by atoms with Crippen LogP contribution in [0.4, 0.5) is 0 Å². The number of hydrogen-bond donors (Lipinski definition) is 0. The van der Waals surface area contributed by atoms with Crippen molar-refractivity contribution in [3.8, 4) is 0 Å². The van der Waals surface area contributed by atoms with Crippen LogP contribution in [0.2, 0.25) is 0 Å². The van der Waals surface area contributed by atoms with Gasteiger partial charge in [0, 0.05) is 6.42 Å². The number of rotatable bonds is 0. The van der Waals surface area contributed by atoms with Crippen LogP contribution < -0.4 is 0 Å². The van der Waals surface area contributed by atoms with Crippen LogP contribution in [0.15, 0.2) is 23.8 Å². The smallest absolute Gasteiger partial charge is 0.155 e. The molecule has 0 bridgehead atoms. The lowest BCUT2D eigenvalue weighted by molar-refractivity contribution is -0.118. The van der Waals surface area contributed by atoms with Gasteiger partial charge in [-0.25, -0.2) is 0 Å². The highest BCUT2D eigenvalue weighted by Crippen LogP contribution is 2.76. The van der Waals surface area contributed by atoms with Gasteiger partial charge >= 0.3 is 0 Å². The van der Waals surface area contributed by atoms with Crippen molar-refractivity contribution in [2.75, 3.05) is 0 Å². The third-order valence-electron chi connectivity index (χ3n) is 10.1. The lowest BCUT2D eigenvalue weighted by Crippen LogP contribution is -2.54. The molecule has 1 heteroatoms. The van der Waals surface area contributed by atoms with E-state index in [9.17, 15) is 4.79 Å². The Morgan fingerprint density at radius 1 is 1.04 bits per heavy atom. The Bertz CT molecular complexity index is 686. The fraction of sp³-hybridized carbons (Fsp3) is 0.792. The zero-order chi connectivity index (χ0) is 17.6. The fourth-order valence-corrected chi connectivity index (χ4v) is 8.83. The van der Waals surface area contributed by atoms with Gasteiger partial charge in [0.15, 0.2) is 5.78 Å².